The van der Waals surface area contributed by atoms with E-state index in [0.29, 0.717) is 0 Å². The van der Waals surface area contributed by atoms with Gasteiger partial charge in [0.25, 0.3) is 0 Å². The Labute approximate surface area is 44.5 Å². The van der Waals surface area contributed by atoms with Gasteiger partial charge in [0.05, 0.1) is 0 Å². The second-order valence-electron chi connectivity index (χ2n) is 0.583. The number of aliphatic hydroxyl groups excluding tert-OH is 1. The molecule has 0 aromatic carbocycles. The highest BCUT2D eigenvalue weighted by Gasteiger charge is 1.47. The molecular weight excluding hydrogens is 98.3 g/mol. The molecule has 0 spiro atoms. The maximum Gasteiger partial charge on any atom is 0.229 e. The van der Waals surface area contributed by atoms with Gasteiger partial charge in [-0.3, -0.25) is 0 Å². The molecule has 0 rings (SSSR count). The van der Waals surface area contributed by atoms with E-state index >= 15 is 0 Å². The van der Waals surface area contributed by atoms with Crippen LogP contribution in [-0.2, 0) is 0 Å². The van der Waals surface area contributed by atoms with E-state index in [0.717, 1.165) is 6.69 Å². The van der Waals surface area contributed by atoms with Crippen LogP contribution >= 0.6 is 11.5 Å². The van der Waals surface area contributed by atoms with Gasteiger partial charge in [-0.15, -0.1) is 0 Å². The summed E-state index contributed by atoms with van der Waals surface area (Å²) in [4.78, 5) is 0. The molecule has 3 heteroatoms. The Balaban J connectivity index is 0. The molecule has 0 heterocycles. The summed E-state index contributed by atoms with van der Waals surface area (Å²) >= 11 is 5.00. The minimum Gasteiger partial charge on any atom is -0.397 e. The smallest absolute Gasteiger partial charge is 0.229 e. The van der Waals surface area contributed by atoms with E-state index in [-0.39, 0.29) is 6.61 Å². The van der Waals surface area contributed by atoms with E-state index < -0.39 is 0 Å². The highest BCUT2D eigenvalue weighted by molar-refractivity contribution is 6.92. The maximum absolute atomic E-state index is 7.57. The quantitative estimate of drug-likeness (QED) is 0.451. The fraction of sp³-hybridized carbons (Fsp3) is 1.00. The van der Waals surface area contributed by atoms with Crippen molar-refractivity contribution in [2.75, 3.05) is 6.61 Å². The van der Waals surface area contributed by atoms with Crippen molar-refractivity contribution in [3.8, 4) is 0 Å². The zero-order chi connectivity index (χ0) is 5.41. The van der Waals surface area contributed by atoms with Crippen LogP contribution in [0.1, 0.15) is 6.92 Å². The Kier molecular flexibility index (Phi) is 29.5. The zero-order valence-electron chi connectivity index (χ0n) is 4.24. The van der Waals surface area contributed by atoms with E-state index in [9.17, 15) is 0 Å². The summed E-state index contributed by atoms with van der Waals surface area (Å²) in [5, 5.41) is 7.57. The molecular formula is C3H10BClO. The number of halogens is 1. The van der Waals surface area contributed by atoms with Crippen LogP contribution in [0.4, 0.5) is 0 Å². The van der Waals surface area contributed by atoms with Crippen molar-refractivity contribution in [3.05, 3.63) is 0 Å². The van der Waals surface area contributed by atoms with Gasteiger partial charge in [0, 0.05) is 6.61 Å². The van der Waals surface area contributed by atoms with Crippen LogP contribution < -0.4 is 0 Å². The average Bonchev–Trinajstić information content (AvgIpc) is 1.39. The molecule has 1 N–H and O–H groups in total. The summed E-state index contributed by atoms with van der Waals surface area (Å²) in [6.07, 6.45) is 0. The van der Waals surface area contributed by atoms with E-state index in [1.54, 1.807) is 6.92 Å². The van der Waals surface area contributed by atoms with Crippen LogP contribution in [0, 0.1) is 0 Å². The SMILES string of the molecule is CBCl.CCO. The third-order valence-corrected chi connectivity index (χ3v) is 0. The Morgan fingerprint density at radius 2 is 1.83 bits per heavy atom. The van der Waals surface area contributed by atoms with Crippen LogP contribution in [-0.4, -0.2) is 18.4 Å². The van der Waals surface area contributed by atoms with Gasteiger partial charge < -0.3 is 5.11 Å². The first-order valence-corrected chi connectivity index (χ1v) is 2.53. The van der Waals surface area contributed by atoms with Gasteiger partial charge in [-0.2, -0.15) is 0 Å². The molecule has 0 radical (unpaired) electrons. The Bertz CT molecular complexity index is 12.8. The van der Waals surface area contributed by atoms with E-state index in [1.165, 1.54) is 0 Å². The molecule has 38 valence electrons. The number of hydrogen-bond acceptors (Lipinski definition) is 1. The second kappa shape index (κ2) is 18.5. The average molecular weight is 108 g/mol. The van der Waals surface area contributed by atoms with Crippen molar-refractivity contribution in [3.63, 3.8) is 0 Å². The summed E-state index contributed by atoms with van der Waals surface area (Å²) in [6, 6.07) is 0. The molecule has 0 saturated heterocycles. The van der Waals surface area contributed by atoms with E-state index in [2.05, 4.69) is 0 Å². The Hall–Kier alpha value is 0.315. The van der Waals surface area contributed by atoms with Crippen molar-refractivity contribution < 1.29 is 5.11 Å². The summed E-state index contributed by atoms with van der Waals surface area (Å²) in [5.74, 6) is 0. The van der Waals surface area contributed by atoms with Crippen molar-refractivity contribution in [1.29, 1.82) is 0 Å². The van der Waals surface area contributed by atoms with Gasteiger partial charge in [0.15, 0.2) is 0 Å². The van der Waals surface area contributed by atoms with Crippen molar-refractivity contribution in [1.82, 2.24) is 0 Å². The minimum atomic E-state index is 0.250. The van der Waals surface area contributed by atoms with Crippen LogP contribution in [0.15, 0.2) is 0 Å². The lowest BCUT2D eigenvalue weighted by Crippen LogP contribution is -1.57. The summed E-state index contributed by atoms with van der Waals surface area (Å²) in [6.45, 7) is 4.54. The lowest BCUT2D eigenvalue weighted by molar-refractivity contribution is 0.318. The molecule has 0 aliphatic rings. The predicted octanol–water partition coefficient (Wildman–Crippen LogP) is 0.623. The van der Waals surface area contributed by atoms with E-state index in [1.807, 2.05) is 6.82 Å². The topological polar surface area (TPSA) is 20.2 Å². The molecule has 0 aromatic heterocycles. The zero-order valence-corrected chi connectivity index (χ0v) is 5.00. The van der Waals surface area contributed by atoms with Crippen LogP contribution in [0.25, 0.3) is 0 Å². The molecule has 1 nitrogen and oxygen atoms in total. The maximum atomic E-state index is 7.57. The van der Waals surface area contributed by atoms with Crippen molar-refractivity contribution in [2.24, 2.45) is 0 Å². The first kappa shape index (κ1) is 9.58. The number of aliphatic hydroxyl groups is 1. The molecule has 0 atom stereocenters. The van der Waals surface area contributed by atoms with Crippen molar-refractivity contribution in [2.45, 2.75) is 13.7 Å². The van der Waals surface area contributed by atoms with Gasteiger partial charge in [-0.25, -0.2) is 11.5 Å². The van der Waals surface area contributed by atoms with Crippen LogP contribution in [0.3, 0.4) is 0 Å². The summed E-state index contributed by atoms with van der Waals surface area (Å²) < 4.78 is 0. The molecule has 0 saturated carbocycles. The highest BCUT2D eigenvalue weighted by Crippen LogP contribution is 1.54. The van der Waals surface area contributed by atoms with E-state index in [4.69, 9.17) is 16.6 Å². The monoisotopic (exact) mass is 108 g/mol. The van der Waals surface area contributed by atoms with Gasteiger partial charge in [0.1, 0.15) is 0 Å². The molecule has 0 amide bonds. The molecule has 0 aliphatic heterocycles. The number of rotatable bonds is 0. The first-order valence-electron chi connectivity index (χ1n) is 2.00. The number of hydrogen-bond donors (Lipinski definition) is 1. The predicted molar refractivity (Wildman–Crippen MR) is 31.6 cm³/mol. The normalized spacial score (nSPS) is 5.33. The fourth-order valence-corrected chi connectivity index (χ4v) is 0. The Morgan fingerprint density at radius 1 is 1.83 bits per heavy atom. The summed E-state index contributed by atoms with van der Waals surface area (Å²) in [7, 11) is 0. The van der Waals surface area contributed by atoms with Gasteiger partial charge >= 0.3 is 0 Å². The van der Waals surface area contributed by atoms with Crippen LogP contribution in [0.2, 0.25) is 6.82 Å². The first-order chi connectivity index (χ1) is 2.83. The fourth-order valence-electron chi connectivity index (χ4n) is 0. The van der Waals surface area contributed by atoms with Gasteiger partial charge in [-0.1, -0.05) is 6.82 Å². The molecule has 0 unspecified atom stereocenters. The largest absolute Gasteiger partial charge is 0.397 e. The molecule has 0 aliphatic carbocycles. The van der Waals surface area contributed by atoms with Gasteiger partial charge in [0.2, 0.25) is 6.69 Å². The minimum absolute atomic E-state index is 0.250. The molecule has 0 aromatic rings. The lowest BCUT2D eigenvalue weighted by atomic mass is 10.2. The molecule has 0 bridgehead atoms. The lowest BCUT2D eigenvalue weighted by Gasteiger charge is -1.52. The van der Waals surface area contributed by atoms with Gasteiger partial charge in [-0.05, 0) is 6.92 Å². The second-order valence-corrected chi connectivity index (χ2v) is 1.12. The third-order valence-electron chi connectivity index (χ3n) is 0. The van der Waals surface area contributed by atoms with Crippen molar-refractivity contribution >= 4 is 18.2 Å². The molecule has 0 fully saturated rings. The molecule has 6 heavy (non-hydrogen) atoms. The third kappa shape index (κ3) is 478. The van der Waals surface area contributed by atoms with Crippen LogP contribution in [0.5, 0.6) is 0 Å². The standard InChI is InChI=1S/C2H6O.CH4BCl/c2*1-2-3/h3H,2H2,1H3;2H,1H3. The highest BCUT2D eigenvalue weighted by atomic mass is 35.5. The Morgan fingerprint density at radius 3 is 1.83 bits per heavy atom. The summed E-state index contributed by atoms with van der Waals surface area (Å²) in [5.41, 5.74) is 0.